The standard InChI is InChI=1S/C24H28N2O4S/c1-4-28-17-12-11-14(13-18(17)29-5-2)19-15-9-7-8-10-16(15)26-23-20(19)21(25)22(31-23)24(27)30-6-3/h11-13H,4-10,25H2,1-3H3. The monoisotopic (exact) mass is 440 g/mol. The van der Waals surface area contributed by atoms with Crippen LogP contribution in [0.5, 0.6) is 11.5 Å². The van der Waals surface area contributed by atoms with Crippen LogP contribution >= 0.6 is 11.3 Å². The van der Waals surface area contributed by atoms with Crippen LogP contribution in [-0.2, 0) is 17.6 Å². The van der Waals surface area contributed by atoms with Crippen molar-refractivity contribution in [1.29, 1.82) is 0 Å². The average molecular weight is 441 g/mol. The zero-order chi connectivity index (χ0) is 22.0. The van der Waals surface area contributed by atoms with Crippen molar-refractivity contribution in [3.63, 3.8) is 0 Å². The molecule has 0 fully saturated rings. The maximum atomic E-state index is 12.5. The molecule has 0 atom stereocenters. The van der Waals surface area contributed by atoms with E-state index < -0.39 is 5.97 Å². The Bertz CT molecular complexity index is 1120. The number of nitrogen functional groups attached to an aromatic ring is 1. The Morgan fingerprint density at radius 3 is 2.55 bits per heavy atom. The van der Waals surface area contributed by atoms with Gasteiger partial charge in [-0.1, -0.05) is 6.07 Å². The first-order chi connectivity index (χ1) is 15.1. The van der Waals surface area contributed by atoms with E-state index in [9.17, 15) is 4.79 Å². The summed E-state index contributed by atoms with van der Waals surface area (Å²) in [6, 6.07) is 6.00. The van der Waals surface area contributed by atoms with Crippen LogP contribution in [0.4, 0.5) is 5.69 Å². The minimum absolute atomic E-state index is 0.305. The zero-order valence-electron chi connectivity index (χ0n) is 18.2. The Balaban J connectivity index is 1.98. The normalized spacial score (nSPS) is 13.1. The number of thiophene rings is 1. The van der Waals surface area contributed by atoms with Crippen LogP contribution in [0.3, 0.4) is 0 Å². The molecule has 1 aliphatic rings. The second-order valence-electron chi connectivity index (χ2n) is 7.39. The van der Waals surface area contributed by atoms with Crippen LogP contribution in [0.2, 0.25) is 0 Å². The summed E-state index contributed by atoms with van der Waals surface area (Å²) in [5, 5.41) is 0.834. The second-order valence-corrected chi connectivity index (χ2v) is 8.39. The largest absolute Gasteiger partial charge is 0.490 e. The Kier molecular flexibility index (Phi) is 6.32. The predicted molar refractivity (Wildman–Crippen MR) is 124 cm³/mol. The number of hydrogen-bond donors (Lipinski definition) is 1. The van der Waals surface area contributed by atoms with E-state index in [4.69, 9.17) is 24.9 Å². The van der Waals surface area contributed by atoms with Crippen molar-refractivity contribution in [3.05, 3.63) is 34.3 Å². The molecule has 1 aliphatic carbocycles. The van der Waals surface area contributed by atoms with Gasteiger partial charge in [0, 0.05) is 11.1 Å². The number of anilines is 1. The molecule has 0 radical (unpaired) electrons. The second kappa shape index (κ2) is 9.14. The topological polar surface area (TPSA) is 83.7 Å². The van der Waals surface area contributed by atoms with Crippen molar-refractivity contribution in [2.75, 3.05) is 25.6 Å². The van der Waals surface area contributed by atoms with E-state index in [1.54, 1.807) is 6.92 Å². The van der Waals surface area contributed by atoms with E-state index in [2.05, 4.69) is 0 Å². The smallest absolute Gasteiger partial charge is 0.350 e. The highest BCUT2D eigenvalue weighted by Crippen LogP contribution is 2.45. The lowest BCUT2D eigenvalue weighted by atomic mass is 9.87. The number of nitrogens with two attached hydrogens (primary N) is 1. The van der Waals surface area contributed by atoms with Gasteiger partial charge in [-0.05, 0) is 75.3 Å². The molecule has 2 heterocycles. The first kappa shape index (κ1) is 21.4. The van der Waals surface area contributed by atoms with Crippen LogP contribution in [0.1, 0.15) is 54.5 Å². The van der Waals surface area contributed by atoms with Crippen molar-refractivity contribution in [3.8, 4) is 22.6 Å². The maximum absolute atomic E-state index is 12.5. The SMILES string of the molecule is CCOC(=O)c1sc2nc3c(c(-c4ccc(OCC)c(OCC)c4)c2c1N)CCCC3. The summed E-state index contributed by atoms with van der Waals surface area (Å²) in [7, 11) is 0. The number of rotatable bonds is 7. The molecule has 6 nitrogen and oxygen atoms in total. The predicted octanol–water partition coefficient (Wildman–Crippen LogP) is 5.40. The van der Waals surface area contributed by atoms with Gasteiger partial charge in [0.2, 0.25) is 0 Å². The Morgan fingerprint density at radius 2 is 1.81 bits per heavy atom. The fraction of sp³-hybridized carbons (Fsp3) is 0.417. The molecule has 31 heavy (non-hydrogen) atoms. The molecule has 1 aromatic carbocycles. The molecule has 7 heteroatoms. The summed E-state index contributed by atoms with van der Waals surface area (Å²) in [6.07, 6.45) is 4.09. The molecule has 164 valence electrons. The van der Waals surface area contributed by atoms with Crippen LogP contribution in [-0.4, -0.2) is 30.8 Å². The van der Waals surface area contributed by atoms with Crippen molar-refractivity contribution in [2.45, 2.75) is 46.5 Å². The van der Waals surface area contributed by atoms with Crippen LogP contribution < -0.4 is 15.2 Å². The van der Waals surface area contributed by atoms with Crippen LogP contribution in [0, 0.1) is 0 Å². The Labute approximate surface area is 186 Å². The number of esters is 1. The number of fused-ring (bicyclic) bond motifs is 2. The quantitative estimate of drug-likeness (QED) is 0.495. The highest BCUT2D eigenvalue weighted by molar-refractivity contribution is 7.21. The average Bonchev–Trinajstić information content (AvgIpc) is 3.10. The lowest BCUT2D eigenvalue weighted by Crippen LogP contribution is -2.08. The summed E-state index contributed by atoms with van der Waals surface area (Å²) in [4.78, 5) is 18.6. The third-order valence-corrected chi connectivity index (χ3v) is 6.53. The molecule has 0 spiro atoms. The number of aryl methyl sites for hydroxylation is 1. The van der Waals surface area contributed by atoms with E-state index in [-0.39, 0.29) is 0 Å². The Morgan fingerprint density at radius 1 is 1.06 bits per heavy atom. The summed E-state index contributed by atoms with van der Waals surface area (Å²) in [6.45, 7) is 7.11. The maximum Gasteiger partial charge on any atom is 0.350 e. The molecule has 2 N–H and O–H groups in total. The first-order valence-electron chi connectivity index (χ1n) is 10.9. The van der Waals surface area contributed by atoms with Gasteiger partial charge in [-0.3, -0.25) is 0 Å². The minimum Gasteiger partial charge on any atom is -0.490 e. The van der Waals surface area contributed by atoms with Gasteiger partial charge in [0.1, 0.15) is 9.71 Å². The van der Waals surface area contributed by atoms with Crippen molar-refractivity contribution >= 4 is 33.2 Å². The molecular formula is C24H28N2O4S. The van der Waals surface area contributed by atoms with Gasteiger partial charge in [-0.2, -0.15) is 0 Å². The van der Waals surface area contributed by atoms with Crippen molar-refractivity contribution in [2.24, 2.45) is 0 Å². The van der Waals surface area contributed by atoms with Gasteiger partial charge in [-0.25, -0.2) is 9.78 Å². The lowest BCUT2D eigenvalue weighted by Gasteiger charge is -2.21. The van der Waals surface area contributed by atoms with Crippen LogP contribution in [0.15, 0.2) is 18.2 Å². The van der Waals surface area contributed by atoms with E-state index in [0.29, 0.717) is 36.1 Å². The molecular weight excluding hydrogens is 412 g/mol. The minimum atomic E-state index is -0.395. The van der Waals surface area contributed by atoms with Gasteiger partial charge in [0.25, 0.3) is 0 Å². The van der Waals surface area contributed by atoms with E-state index in [0.717, 1.165) is 58.5 Å². The number of hydrogen-bond acceptors (Lipinski definition) is 7. The van der Waals surface area contributed by atoms with E-state index in [1.807, 2.05) is 32.0 Å². The van der Waals surface area contributed by atoms with Gasteiger partial charge in [0.05, 0.1) is 25.5 Å². The molecule has 0 saturated heterocycles. The summed E-state index contributed by atoms with van der Waals surface area (Å²) < 4.78 is 16.8. The molecule has 2 aromatic heterocycles. The number of aromatic nitrogens is 1. The summed E-state index contributed by atoms with van der Waals surface area (Å²) in [5.74, 6) is 1.03. The zero-order valence-corrected chi connectivity index (χ0v) is 19.1. The van der Waals surface area contributed by atoms with Gasteiger partial charge in [-0.15, -0.1) is 11.3 Å². The summed E-state index contributed by atoms with van der Waals surface area (Å²) >= 11 is 1.31. The van der Waals surface area contributed by atoms with Crippen molar-refractivity contribution < 1.29 is 19.0 Å². The number of ether oxygens (including phenoxy) is 3. The molecule has 0 unspecified atom stereocenters. The van der Waals surface area contributed by atoms with Gasteiger partial charge < -0.3 is 19.9 Å². The van der Waals surface area contributed by atoms with Gasteiger partial charge in [0.15, 0.2) is 11.5 Å². The number of carbonyl (C=O) groups excluding carboxylic acids is 1. The number of nitrogens with zero attached hydrogens (tertiary/aromatic N) is 1. The molecule has 0 amide bonds. The highest BCUT2D eigenvalue weighted by atomic mass is 32.1. The first-order valence-corrected chi connectivity index (χ1v) is 11.7. The van der Waals surface area contributed by atoms with E-state index in [1.165, 1.54) is 16.9 Å². The molecule has 3 aromatic rings. The number of carbonyl (C=O) groups is 1. The molecule has 4 rings (SSSR count). The fourth-order valence-electron chi connectivity index (χ4n) is 4.18. The third-order valence-electron chi connectivity index (χ3n) is 5.45. The molecule has 0 aliphatic heterocycles. The van der Waals surface area contributed by atoms with E-state index >= 15 is 0 Å². The highest BCUT2D eigenvalue weighted by Gasteiger charge is 2.26. The molecule has 0 bridgehead atoms. The van der Waals surface area contributed by atoms with Gasteiger partial charge >= 0.3 is 5.97 Å². The Hall–Kier alpha value is -2.80. The number of pyridine rings is 1. The number of benzene rings is 1. The fourth-order valence-corrected chi connectivity index (χ4v) is 5.20. The lowest BCUT2D eigenvalue weighted by molar-refractivity contribution is 0.0533. The van der Waals surface area contributed by atoms with Crippen LogP contribution in [0.25, 0.3) is 21.3 Å². The third kappa shape index (κ3) is 3.94. The van der Waals surface area contributed by atoms with Crippen molar-refractivity contribution in [1.82, 2.24) is 4.98 Å². The molecule has 0 saturated carbocycles. The summed E-state index contributed by atoms with van der Waals surface area (Å²) in [5.41, 5.74) is 11.3.